The van der Waals surface area contributed by atoms with Gasteiger partial charge in [-0.1, -0.05) is 30.3 Å². The summed E-state index contributed by atoms with van der Waals surface area (Å²) in [6.45, 7) is 2.95. The van der Waals surface area contributed by atoms with E-state index in [4.69, 9.17) is 0 Å². The third kappa shape index (κ3) is 3.04. The molecule has 2 rings (SSSR count). The van der Waals surface area contributed by atoms with E-state index in [2.05, 4.69) is 0 Å². The van der Waals surface area contributed by atoms with Gasteiger partial charge in [0.25, 0.3) is 5.91 Å². The van der Waals surface area contributed by atoms with Crippen molar-refractivity contribution in [3.8, 4) is 0 Å². The van der Waals surface area contributed by atoms with Crippen molar-refractivity contribution in [2.45, 2.75) is 39.0 Å². The Morgan fingerprint density at radius 2 is 1.72 bits per heavy atom. The normalized spacial score (nSPS) is 20.9. The van der Waals surface area contributed by atoms with Gasteiger partial charge in [0.05, 0.1) is 12.1 Å². The number of nitrogens with zero attached hydrogens (tertiary/aromatic N) is 1. The number of ketones is 1. The van der Waals surface area contributed by atoms with Gasteiger partial charge in [-0.05, 0) is 19.4 Å². The van der Waals surface area contributed by atoms with Crippen LogP contribution < -0.4 is 5.32 Å². The minimum atomic E-state index is -5.16. The minimum absolute atomic E-state index is 0.118. The highest BCUT2D eigenvalue weighted by atomic mass is 19.4. The number of allylic oxidation sites excluding steroid dienone is 1. The molecular formula is C17H17F3N2O3. The lowest BCUT2D eigenvalue weighted by atomic mass is 9.87. The van der Waals surface area contributed by atoms with E-state index in [1.807, 2.05) is 0 Å². The monoisotopic (exact) mass is 354 g/mol. The number of halogens is 3. The second-order valence-electron chi connectivity index (χ2n) is 5.82. The predicted octanol–water partition coefficient (Wildman–Crippen LogP) is 2.33. The van der Waals surface area contributed by atoms with Crippen LogP contribution in [0.5, 0.6) is 0 Å². The highest BCUT2D eigenvalue weighted by Gasteiger charge is 2.69. The van der Waals surface area contributed by atoms with Crippen molar-refractivity contribution < 1.29 is 27.6 Å². The smallest absolute Gasteiger partial charge is 0.331 e. The third-order valence-corrected chi connectivity index (χ3v) is 4.03. The fraction of sp³-hybridized carbons (Fsp3) is 0.353. The zero-order chi connectivity index (χ0) is 19.0. The molecule has 2 amide bonds. The highest BCUT2D eigenvalue weighted by molar-refractivity contribution is 6.11. The van der Waals surface area contributed by atoms with E-state index >= 15 is 0 Å². The summed E-state index contributed by atoms with van der Waals surface area (Å²) < 4.78 is 41.6. The molecule has 1 aliphatic rings. The van der Waals surface area contributed by atoms with Crippen LogP contribution in [0.3, 0.4) is 0 Å². The fourth-order valence-corrected chi connectivity index (χ4v) is 3.06. The number of carbonyl (C=O) groups excluding carboxylic acids is 3. The van der Waals surface area contributed by atoms with Crippen LogP contribution in [0.1, 0.15) is 26.3 Å². The zero-order valence-corrected chi connectivity index (χ0v) is 13.9. The van der Waals surface area contributed by atoms with Crippen LogP contribution >= 0.6 is 0 Å². The van der Waals surface area contributed by atoms with Crippen LogP contribution in [-0.2, 0) is 20.9 Å². The molecule has 0 saturated heterocycles. The summed E-state index contributed by atoms with van der Waals surface area (Å²) >= 11 is 0. The molecule has 1 atom stereocenters. The molecule has 1 aromatic rings. The van der Waals surface area contributed by atoms with Gasteiger partial charge in [-0.15, -0.1) is 0 Å². The SMILES string of the molecule is CC(=O)NC1(C(F)(F)F)C(=O)N(Cc2ccccc2)C(C)=C1C(C)=O. The summed E-state index contributed by atoms with van der Waals surface area (Å²) in [7, 11) is 0. The maximum atomic E-state index is 13.9. The average Bonchev–Trinajstić information content (AvgIpc) is 2.69. The fourth-order valence-electron chi connectivity index (χ4n) is 3.06. The third-order valence-electron chi connectivity index (χ3n) is 4.03. The molecule has 1 aliphatic heterocycles. The first kappa shape index (κ1) is 18.7. The Kier molecular flexibility index (Phi) is 4.74. The Labute approximate surface area is 142 Å². The molecule has 1 unspecified atom stereocenters. The summed E-state index contributed by atoms with van der Waals surface area (Å²) in [5.41, 5.74) is -3.63. The number of benzene rings is 1. The van der Waals surface area contributed by atoms with Crippen LogP contribution in [0.4, 0.5) is 13.2 Å². The van der Waals surface area contributed by atoms with Gasteiger partial charge in [-0.3, -0.25) is 14.4 Å². The number of Topliss-reactive ketones (excluding diaryl/α,β-unsaturated/α-hetero) is 1. The Morgan fingerprint density at radius 3 is 2.16 bits per heavy atom. The second kappa shape index (κ2) is 6.34. The van der Waals surface area contributed by atoms with Crippen molar-refractivity contribution in [3.63, 3.8) is 0 Å². The van der Waals surface area contributed by atoms with Crippen LogP contribution in [0.15, 0.2) is 41.6 Å². The van der Waals surface area contributed by atoms with Crippen molar-refractivity contribution in [1.82, 2.24) is 10.2 Å². The largest absolute Gasteiger partial charge is 0.425 e. The van der Waals surface area contributed by atoms with E-state index < -0.39 is 34.9 Å². The van der Waals surface area contributed by atoms with E-state index in [0.29, 0.717) is 5.56 Å². The first-order valence-corrected chi connectivity index (χ1v) is 7.46. The lowest BCUT2D eigenvalue weighted by Gasteiger charge is -2.32. The summed E-state index contributed by atoms with van der Waals surface area (Å²) in [5.74, 6) is -3.37. The van der Waals surface area contributed by atoms with E-state index in [-0.39, 0.29) is 12.2 Å². The maximum Gasteiger partial charge on any atom is 0.425 e. The van der Waals surface area contributed by atoms with Crippen molar-refractivity contribution in [2.24, 2.45) is 0 Å². The molecule has 25 heavy (non-hydrogen) atoms. The van der Waals surface area contributed by atoms with Crippen molar-refractivity contribution in [3.05, 3.63) is 47.2 Å². The lowest BCUT2D eigenvalue weighted by molar-refractivity contribution is -0.194. The first-order chi connectivity index (χ1) is 11.5. The molecule has 0 spiro atoms. The van der Waals surface area contributed by atoms with Gasteiger partial charge in [0.1, 0.15) is 0 Å². The Balaban J connectivity index is 2.62. The molecular weight excluding hydrogens is 337 g/mol. The summed E-state index contributed by atoms with van der Waals surface area (Å²) in [6, 6.07) is 8.41. The number of amides is 2. The van der Waals surface area contributed by atoms with Crippen LogP contribution in [0.2, 0.25) is 0 Å². The van der Waals surface area contributed by atoms with E-state index in [1.165, 1.54) is 6.92 Å². The van der Waals surface area contributed by atoms with Gasteiger partial charge in [0.15, 0.2) is 5.78 Å². The van der Waals surface area contributed by atoms with E-state index in [1.54, 1.807) is 35.6 Å². The first-order valence-electron chi connectivity index (χ1n) is 7.46. The van der Waals surface area contributed by atoms with E-state index in [0.717, 1.165) is 18.7 Å². The molecule has 0 saturated carbocycles. The number of rotatable bonds is 4. The molecule has 0 bridgehead atoms. The molecule has 134 valence electrons. The summed E-state index contributed by atoms with van der Waals surface area (Å²) in [4.78, 5) is 37.0. The van der Waals surface area contributed by atoms with Gasteiger partial charge >= 0.3 is 6.18 Å². The molecule has 0 aliphatic carbocycles. The highest BCUT2D eigenvalue weighted by Crippen LogP contribution is 2.45. The van der Waals surface area contributed by atoms with Crippen LogP contribution in [0.25, 0.3) is 0 Å². The van der Waals surface area contributed by atoms with Crippen molar-refractivity contribution >= 4 is 17.6 Å². The predicted molar refractivity (Wildman–Crippen MR) is 83.0 cm³/mol. The van der Waals surface area contributed by atoms with Crippen molar-refractivity contribution in [1.29, 1.82) is 0 Å². The molecule has 0 aromatic heterocycles. The Hall–Kier alpha value is -2.64. The number of alkyl halides is 3. The Morgan fingerprint density at radius 1 is 1.16 bits per heavy atom. The zero-order valence-electron chi connectivity index (χ0n) is 13.9. The summed E-state index contributed by atoms with van der Waals surface area (Å²) in [6.07, 6.45) is -5.16. The molecule has 8 heteroatoms. The van der Waals surface area contributed by atoms with Crippen LogP contribution in [-0.4, -0.2) is 34.2 Å². The van der Waals surface area contributed by atoms with E-state index in [9.17, 15) is 27.6 Å². The topological polar surface area (TPSA) is 66.5 Å². The second-order valence-corrected chi connectivity index (χ2v) is 5.82. The quantitative estimate of drug-likeness (QED) is 0.902. The number of hydrogen-bond donors (Lipinski definition) is 1. The van der Waals surface area contributed by atoms with Gasteiger partial charge in [0.2, 0.25) is 11.4 Å². The van der Waals surface area contributed by atoms with Gasteiger partial charge in [-0.25, -0.2) is 0 Å². The van der Waals surface area contributed by atoms with Gasteiger partial charge < -0.3 is 10.2 Å². The lowest BCUT2D eigenvalue weighted by Crippen LogP contribution is -2.65. The number of carbonyl (C=O) groups is 3. The Bertz CT molecular complexity index is 756. The molecule has 1 aromatic carbocycles. The number of nitrogens with one attached hydrogen (secondary N) is 1. The molecule has 1 heterocycles. The molecule has 0 fully saturated rings. The van der Waals surface area contributed by atoms with Gasteiger partial charge in [-0.2, -0.15) is 13.2 Å². The minimum Gasteiger partial charge on any atom is -0.331 e. The number of hydrogen-bond acceptors (Lipinski definition) is 3. The molecule has 5 nitrogen and oxygen atoms in total. The van der Waals surface area contributed by atoms with Gasteiger partial charge in [0, 0.05) is 12.6 Å². The maximum absolute atomic E-state index is 13.9. The molecule has 1 N–H and O–H groups in total. The van der Waals surface area contributed by atoms with Crippen LogP contribution in [0, 0.1) is 0 Å². The standard InChI is InChI=1S/C17H17F3N2O3/c1-10-14(11(2)23)16(17(18,19)20,21-12(3)24)15(25)22(10)9-13-7-5-4-6-8-13/h4-8H,9H2,1-3H3,(H,21,24). The summed E-state index contributed by atoms with van der Waals surface area (Å²) in [5, 5.41) is 1.69. The van der Waals surface area contributed by atoms with Crippen molar-refractivity contribution in [2.75, 3.05) is 0 Å². The molecule has 0 radical (unpaired) electrons. The average molecular weight is 354 g/mol.